The van der Waals surface area contributed by atoms with Gasteiger partial charge in [0.1, 0.15) is 11.5 Å². The lowest BCUT2D eigenvalue weighted by molar-refractivity contribution is 0.317. The number of benzene rings is 4. The zero-order valence-electron chi connectivity index (χ0n) is 25.2. The lowest BCUT2D eigenvalue weighted by atomic mass is 10.0. The molecule has 0 aliphatic carbocycles. The summed E-state index contributed by atoms with van der Waals surface area (Å²) in [6.07, 6.45) is 13.0. The van der Waals surface area contributed by atoms with Crippen molar-refractivity contribution in [1.29, 1.82) is 0 Å². The van der Waals surface area contributed by atoms with Gasteiger partial charge < -0.3 is 9.47 Å². The molecular weight excluding hydrogens is 516 g/mol. The van der Waals surface area contributed by atoms with Crippen molar-refractivity contribution in [2.24, 2.45) is 9.98 Å². The van der Waals surface area contributed by atoms with Crippen molar-refractivity contribution in [3.8, 4) is 11.5 Å². The van der Waals surface area contributed by atoms with E-state index >= 15 is 0 Å². The first-order valence-electron chi connectivity index (χ1n) is 15.4. The summed E-state index contributed by atoms with van der Waals surface area (Å²) in [6.45, 7) is 5.72. The quantitative estimate of drug-likeness (QED) is 0.0952. The predicted octanol–water partition coefficient (Wildman–Crippen LogP) is 10.1. The fourth-order valence-corrected chi connectivity index (χ4v) is 4.55. The van der Waals surface area contributed by atoms with Crippen LogP contribution < -0.4 is 9.47 Å². The van der Waals surface area contributed by atoms with E-state index in [2.05, 4.69) is 72.4 Å². The molecule has 4 nitrogen and oxygen atoms in total. The highest BCUT2D eigenvalue weighted by atomic mass is 16.5. The Hall–Kier alpha value is -4.18. The molecule has 0 amide bonds. The minimum atomic E-state index is 0.748. The number of ether oxygens (including phenoxy) is 2. The van der Waals surface area contributed by atoms with E-state index < -0.39 is 0 Å². The highest BCUT2D eigenvalue weighted by Gasteiger charge is 1.99. The van der Waals surface area contributed by atoms with Crippen molar-refractivity contribution in [2.45, 2.75) is 65.2 Å². The summed E-state index contributed by atoms with van der Waals surface area (Å²) in [6, 6.07) is 33.4. The number of nitrogens with zero attached hydrogens (tertiary/aromatic N) is 2. The molecule has 0 N–H and O–H groups in total. The largest absolute Gasteiger partial charge is 0.494 e. The third kappa shape index (κ3) is 11.0. The van der Waals surface area contributed by atoms with Gasteiger partial charge in [0, 0.05) is 12.4 Å². The number of aliphatic imine (C=N–C) groups is 2. The molecule has 0 spiro atoms. The molecule has 0 saturated heterocycles. The predicted molar refractivity (Wildman–Crippen MR) is 178 cm³/mol. The first-order chi connectivity index (χ1) is 20.7. The first kappa shape index (κ1) is 30.8. The fourth-order valence-electron chi connectivity index (χ4n) is 4.55. The van der Waals surface area contributed by atoms with Gasteiger partial charge in [-0.2, -0.15) is 0 Å². The van der Waals surface area contributed by atoms with Crippen LogP contribution in [0.5, 0.6) is 11.5 Å². The normalized spacial score (nSPS) is 11.4. The Balaban J connectivity index is 1.10. The number of unbranched alkanes of at least 4 members (excludes halogenated alkanes) is 3. The summed E-state index contributed by atoms with van der Waals surface area (Å²) in [5.41, 5.74) is 6.86. The number of rotatable bonds is 17. The standard InChI is InChI=1S/C38H44N2O2/c1-3-27-41-37-23-15-33(16-24-37)29-39-35-19-11-31(12-20-35)9-7-5-6-8-10-32-13-21-36(22-14-32)40-30-34-17-25-38(26-18-34)42-28-4-2/h11-26,29-30H,3-10,27-28H2,1-2H3. The van der Waals surface area contributed by atoms with E-state index in [-0.39, 0.29) is 0 Å². The molecule has 4 aromatic rings. The van der Waals surface area contributed by atoms with E-state index in [1.165, 1.54) is 36.8 Å². The molecule has 4 heteroatoms. The maximum atomic E-state index is 5.64. The van der Waals surface area contributed by atoms with Gasteiger partial charge in [-0.15, -0.1) is 0 Å². The maximum Gasteiger partial charge on any atom is 0.119 e. The summed E-state index contributed by atoms with van der Waals surface area (Å²) in [4.78, 5) is 9.24. The van der Waals surface area contributed by atoms with Crippen LogP contribution in [-0.2, 0) is 12.8 Å². The van der Waals surface area contributed by atoms with Crippen LogP contribution in [0.4, 0.5) is 11.4 Å². The summed E-state index contributed by atoms with van der Waals surface area (Å²) in [7, 11) is 0. The van der Waals surface area contributed by atoms with Gasteiger partial charge in [0.25, 0.3) is 0 Å². The lowest BCUT2D eigenvalue weighted by Gasteiger charge is -2.05. The topological polar surface area (TPSA) is 43.2 Å². The van der Waals surface area contributed by atoms with E-state index in [1.807, 2.05) is 61.0 Å². The summed E-state index contributed by atoms with van der Waals surface area (Å²) < 4.78 is 11.3. The molecule has 0 aliphatic heterocycles. The second-order valence-electron chi connectivity index (χ2n) is 10.6. The maximum absolute atomic E-state index is 5.64. The number of aryl methyl sites for hydroxylation is 2. The van der Waals surface area contributed by atoms with Crippen molar-refractivity contribution >= 4 is 23.8 Å². The Kier molecular flexibility index (Phi) is 12.9. The van der Waals surface area contributed by atoms with Crippen LogP contribution in [-0.4, -0.2) is 25.6 Å². The van der Waals surface area contributed by atoms with Crippen LogP contribution in [0.3, 0.4) is 0 Å². The summed E-state index contributed by atoms with van der Waals surface area (Å²) in [5.74, 6) is 1.82. The molecule has 0 heterocycles. The van der Waals surface area contributed by atoms with Crippen LogP contribution in [0.25, 0.3) is 0 Å². The molecule has 0 aromatic heterocycles. The van der Waals surface area contributed by atoms with Crippen LogP contribution in [0.2, 0.25) is 0 Å². The van der Waals surface area contributed by atoms with Gasteiger partial charge in [-0.05, 0) is 134 Å². The Bertz CT molecular complexity index is 1250. The fraction of sp³-hybridized carbons (Fsp3) is 0.316. The van der Waals surface area contributed by atoms with Gasteiger partial charge >= 0.3 is 0 Å². The van der Waals surface area contributed by atoms with Crippen LogP contribution in [0, 0.1) is 0 Å². The zero-order valence-corrected chi connectivity index (χ0v) is 25.2. The molecular formula is C38H44N2O2. The van der Waals surface area contributed by atoms with Crippen molar-refractivity contribution in [3.05, 3.63) is 119 Å². The Labute approximate surface area is 252 Å². The van der Waals surface area contributed by atoms with E-state index in [0.29, 0.717) is 0 Å². The zero-order chi connectivity index (χ0) is 29.2. The van der Waals surface area contributed by atoms with Crippen LogP contribution in [0.15, 0.2) is 107 Å². The minimum Gasteiger partial charge on any atom is -0.494 e. The average Bonchev–Trinajstić information content (AvgIpc) is 3.04. The monoisotopic (exact) mass is 560 g/mol. The van der Waals surface area contributed by atoms with Crippen molar-refractivity contribution < 1.29 is 9.47 Å². The molecule has 42 heavy (non-hydrogen) atoms. The lowest BCUT2D eigenvalue weighted by Crippen LogP contribution is -1.94. The van der Waals surface area contributed by atoms with Gasteiger partial charge in [0.05, 0.1) is 24.6 Å². The molecule has 0 radical (unpaired) electrons. The second-order valence-corrected chi connectivity index (χ2v) is 10.6. The highest BCUT2D eigenvalue weighted by Crippen LogP contribution is 2.19. The average molecular weight is 561 g/mol. The van der Waals surface area contributed by atoms with Gasteiger partial charge in [-0.1, -0.05) is 51.0 Å². The highest BCUT2D eigenvalue weighted by molar-refractivity contribution is 5.82. The SMILES string of the molecule is CCCOc1ccc(C=Nc2ccc(CCCCCCc3ccc(N=Cc4ccc(OCCC)cc4)cc3)cc2)cc1. The van der Waals surface area contributed by atoms with Crippen LogP contribution >= 0.6 is 0 Å². The van der Waals surface area contributed by atoms with Crippen molar-refractivity contribution in [1.82, 2.24) is 0 Å². The molecule has 0 unspecified atom stereocenters. The second kappa shape index (κ2) is 17.6. The third-order valence-electron chi connectivity index (χ3n) is 6.98. The Morgan fingerprint density at radius 2 is 0.857 bits per heavy atom. The van der Waals surface area contributed by atoms with Crippen LogP contribution in [0.1, 0.15) is 74.6 Å². The van der Waals surface area contributed by atoms with E-state index in [9.17, 15) is 0 Å². The minimum absolute atomic E-state index is 0.748. The van der Waals surface area contributed by atoms with Crippen molar-refractivity contribution in [2.75, 3.05) is 13.2 Å². The molecule has 218 valence electrons. The van der Waals surface area contributed by atoms with Gasteiger partial charge in [-0.25, -0.2) is 0 Å². The molecule has 0 fully saturated rings. The smallest absolute Gasteiger partial charge is 0.119 e. The molecule has 4 aromatic carbocycles. The Morgan fingerprint density at radius 1 is 0.476 bits per heavy atom. The number of hydrogen-bond donors (Lipinski definition) is 0. The van der Waals surface area contributed by atoms with Crippen molar-refractivity contribution in [3.63, 3.8) is 0 Å². The molecule has 4 rings (SSSR count). The number of hydrogen-bond acceptors (Lipinski definition) is 4. The van der Waals surface area contributed by atoms with Gasteiger partial charge in [0.15, 0.2) is 0 Å². The third-order valence-corrected chi connectivity index (χ3v) is 6.98. The van der Waals surface area contributed by atoms with E-state index in [1.54, 1.807) is 0 Å². The summed E-state index contributed by atoms with van der Waals surface area (Å²) >= 11 is 0. The van der Waals surface area contributed by atoms with E-state index in [4.69, 9.17) is 9.47 Å². The molecule has 0 bridgehead atoms. The van der Waals surface area contributed by atoms with Gasteiger partial charge in [0.2, 0.25) is 0 Å². The molecule has 0 aliphatic rings. The Morgan fingerprint density at radius 3 is 1.21 bits per heavy atom. The summed E-state index contributed by atoms with van der Waals surface area (Å²) in [5, 5.41) is 0. The van der Waals surface area contributed by atoms with Gasteiger partial charge in [-0.3, -0.25) is 9.98 Å². The van der Waals surface area contributed by atoms with E-state index in [0.717, 1.165) is 72.9 Å². The molecule has 0 saturated carbocycles. The first-order valence-corrected chi connectivity index (χ1v) is 15.4. The molecule has 0 atom stereocenters.